The van der Waals surface area contributed by atoms with Crippen molar-refractivity contribution in [2.75, 3.05) is 33.6 Å². The topological polar surface area (TPSA) is 153 Å². The molecule has 3 aromatic rings. The largest absolute Gasteiger partial charge is 0.507 e. The highest BCUT2D eigenvalue weighted by atomic mass is 35.5. The van der Waals surface area contributed by atoms with Crippen LogP contribution in [0.5, 0.6) is 17.2 Å². The van der Waals surface area contributed by atoms with Gasteiger partial charge in [-0.2, -0.15) is 0 Å². The summed E-state index contributed by atoms with van der Waals surface area (Å²) in [5.74, 6) is -4.03. The van der Waals surface area contributed by atoms with Crippen LogP contribution >= 0.6 is 23.4 Å². The summed E-state index contributed by atoms with van der Waals surface area (Å²) in [7, 11) is 2.80. The molecule has 2 N–H and O–H groups in total. The molecule has 1 aliphatic carbocycles. The molecular weight excluding hydrogens is 770 g/mol. The van der Waals surface area contributed by atoms with E-state index in [9.17, 15) is 29.1 Å². The number of nitrogens with one attached hydrogen (secondary N) is 1. The van der Waals surface area contributed by atoms with Crippen LogP contribution in [-0.4, -0.2) is 83.2 Å². The molecule has 4 heterocycles. The van der Waals surface area contributed by atoms with E-state index in [1.54, 1.807) is 31.2 Å². The summed E-state index contributed by atoms with van der Waals surface area (Å²) in [6.07, 6.45) is 2.93. The highest BCUT2D eigenvalue weighted by Crippen LogP contribution is 2.56. The molecule has 4 aliphatic rings. The van der Waals surface area contributed by atoms with Crippen molar-refractivity contribution < 1.29 is 38.5 Å². The number of aliphatic hydroxyl groups excluding tert-OH is 1. The van der Waals surface area contributed by atoms with Crippen molar-refractivity contribution in [3.8, 4) is 17.2 Å². The molecule has 7 unspecified atom stereocenters. The number of thioether (sulfide) groups is 1. The molecule has 0 radical (unpaired) electrons. The minimum atomic E-state index is -2.03. The van der Waals surface area contributed by atoms with E-state index in [4.69, 9.17) is 25.8 Å². The Morgan fingerprint density at radius 1 is 1.07 bits per heavy atom. The van der Waals surface area contributed by atoms with E-state index in [0.717, 1.165) is 17.0 Å². The molecule has 1 saturated heterocycles. The molecule has 3 aliphatic heterocycles. The number of ether oxygens (including phenoxy) is 3. The van der Waals surface area contributed by atoms with Crippen molar-refractivity contribution in [3.63, 3.8) is 0 Å². The van der Waals surface area contributed by atoms with Crippen LogP contribution in [0.25, 0.3) is 0 Å². The fourth-order valence-corrected chi connectivity index (χ4v) is 9.81. The van der Waals surface area contributed by atoms with Gasteiger partial charge in [-0.15, -0.1) is 11.8 Å². The number of nitrogens with zero attached hydrogens (tertiary/aromatic N) is 2. The van der Waals surface area contributed by atoms with Crippen molar-refractivity contribution in [1.82, 2.24) is 14.8 Å². The smallest absolute Gasteiger partial charge is 0.250 e. The number of hydrogen-bond donors (Lipinski definition) is 2. The number of piperidine rings is 1. The van der Waals surface area contributed by atoms with Gasteiger partial charge in [0.15, 0.2) is 17.3 Å². The monoisotopic (exact) mass is 817 g/mol. The zero-order valence-corrected chi connectivity index (χ0v) is 34.5. The number of fused-ring (bicyclic) bond motifs is 5. The number of carbonyl (C=O) groups excluding carboxylic acids is 4. The SMILES string of the molecule is CCC(C)C(NC(=O)CC(C1=C(O)C2(Oc3c(Cl)c(OC)cc(OC)c3C2=O)C(C)CC1=O)c1ccc(SC)cc1)C(=O)N1CC2CC(C1)c1cccc(=O)n1C2. The van der Waals surface area contributed by atoms with Gasteiger partial charge in [-0.25, -0.2) is 0 Å². The van der Waals surface area contributed by atoms with Crippen LogP contribution < -0.4 is 25.1 Å². The molecule has 12 nitrogen and oxygen atoms in total. The lowest BCUT2D eigenvalue weighted by molar-refractivity contribution is -0.140. The van der Waals surface area contributed by atoms with E-state index < -0.39 is 46.7 Å². The third-order valence-corrected chi connectivity index (χ3v) is 13.5. The molecule has 7 atom stereocenters. The number of amides is 2. The summed E-state index contributed by atoms with van der Waals surface area (Å²) in [6, 6.07) is 13.2. The zero-order chi connectivity index (χ0) is 40.9. The molecule has 1 spiro atoms. The normalized spacial score (nSPS) is 24.0. The number of halogens is 1. The summed E-state index contributed by atoms with van der Waals surface area (Å²) >= 11 is 8.19. The van der Waals surface area contributed by atoms with Gasteiger partial charge in [-0.3, -0.25) is 24.0 Å². The Balaban J connectivity index is 1.23. The van der Waals surface area contributed by atoms with Gasteiger partial charge in [-0.1, -0.05) is 57.0 Å². The van der Waals surface area contributed by atoms with E-state index in [-0.39, 0.29) is 75.5 Å². The summed E-state index contributed by atoms with van der Waals surface area (Å²) < 4.78 is 19.1. The number of Topliss-reactive ketones (excluding diaryl/α,β-unsaturated/α-hetero) is 2. The van der Waals surface area contributed by atoms with Gasteiger partial charge in [0, 0.05) is 78.5 Å². The van der Waals surface area contributed by atoms with E-state index in [0.29, 0.717) is 31.6 Å². The molecule has 1 aromatic heterocycles. The quantitative estimate of drug-likeness (QED) is 0.210. The summed E-state index contributed by atoms with van der Waals surface area (Å²) in [5, 5.41) is 15.4. The van der Waals surface area contributed by atoms with Gasteiger partial charge in [-0.05, 0) is 48.3 Å². The highest BCUT2D eigenvalue weighted by Gasteiger charge is 2.61. The molecule has 14 heteroatoms. The number of aliphatic hydroxyl groups is 1. The number of benzene rings is 2. The minimum absolute atomic E-state index is 0.00167. The lowest BCUT2D eigenvalue weighted by Crippen LogP contribution is -2.56. The van der Waals surface area contributed by atoms with Crippen LogP contribution in [0.4, 0.5) is 0 Å². The third-order valence-electron chi connectivity index (χ3n) is 12.4. The predicted molar refractivity (Wildman–Crippen MR) is 216 cm³/mol. The lowest BCUT2D eigenvalue weighted by Gasteiger charge is -2.44. The van der Waals surface area contributed by atoms with Crippen molar-refractivity contribution in [2.45, 2.75) is 81.4 Å². The summed E-state index contributed by atoms with van der Waals surface area (Å²) in [6.45, 7) is 6.95. The fraction of sp³-hybridized carbons (Fsp3) is 0.465. The summed E-state index contributed by atoms with van der Waals surface area (Å²) in [5.41, 5.74) is -0.699. The van der Waals surface area contributed by atoms with Crippen LogP contribution in [0.15, 0.2) is 69.6 Å². The Bertz CT molecular complexity index is 2220. The second-order valence-corrected chi connectivity index (χ2v) is 16.9. The molecule has 2 aromatic carbocycles. The lowest BCUT2D eigenvalue weighted by atomic mass is 9.69. The Morgan fingerprint density at radius 2 is 1.79 bits per heavy atom. The number of aromatic nitrogens is 1. The molecule has 2 bridgehead atoms. The molecule has 0 saturated carbocycles. The summed E-state index contributed by atoms with van der Waals surface area (Å²) in [4.78, 5) is 72.8. The Kier molecular flexibility index (Phi) is 11.3. The van der Waals surface area contributed by atoms with Gasteiger partial charge in [0.1, 0.15) is 28.1 Å². The van der Waals surface area contributed by atoms with Gasteiger partial charge in [0.25, 0.3) is 5.56 Å². The average Bonchev–Trinajstić information content (AvgIpc) is 3.53. The van der Waals surface area contributed by atoms with Crippen molar-refractivity contribution in [1.29, 1.82) is 0 Å². The van der Waals surface area contributed by atoms with Crippen LogP contribution in [-0.2, 0) is 20.9 Å². The molecule has 7 rings (SSSR count). The number of allylic oxidation sites excluding steroid dienone is 1. The first-order valence-corrected chi connectivity index (χ1v) is 20.9. The molecule has 302 valence electrons. The fourth-order valence-electron chi connectivity index (χ4n) is 9.14. The number of rotatable bonds is 11. The number of ketones is 2. The molecule has 2 amide bonds. The average molecular weight is 818 g/mol. The Morgan fingerprint density at radius 3 is 2.46 bits per heavy atom. The van der Waals surface area contributed by atoms with Gasteiger partial charge >= 0.3 is 0 Å². The van der Waals surface area contributed by atoms with Crippen molar-refractivity contribution in [2.24, 2.45) is 17.8 Å². The minimum Gasteiger partial charge on any atom is -0.507 e. The van der Waals surface area contributed by atoms with E-state index in [2.05, 4.69) is 5.32 Å². The maximum absolute atomic E-state index is 14.5. The second kappa shape index (κ2) is 15.9. The zero-order valence-electron chi connectivity index (χ0n) is 32.9. The number of hydrogen-bond acceptors (Lipinski definition) is 10. The first-order chi connectivity index (χ1) is 27.3. The number of methoxy groups -OCH3 is 2. The molecular formula is C43H48ClN3O9S. The first kappa shape index (κ1) is 40.4. The Labute approximate surface area is 340 Å². The van der Waals surface area contributed by atoms with E-state index in [1.807, 2.05) is 47.8 Å². The van der Waals surface area contributed by atoms with Crippen molar-refractivity contribution in [3.05, 3.63) is 92.1 Å². The van der Waals surface area contributed by atoms with Crippen molar-refractivity contribution >= 4 is 46.7 Å². The Hall–Kier alpha value is -4.75. The maximum atomic E-state index is 14.5. The van der Waals surface area contributed by atoms with E-state index in [1.165, 1.54) is 32.0 Å². The standard InChI is InChI=1S/C43H48ClN3O9S/c1-7-22(2)38(42(53)46-19-24-16-26(21-46)29-9-8-10-34(50)47(29)20-24)45-33(49)17-28(25-11-13-27(57-6)14-12-25)35-30(48)15-23(3)43(40(35)51)41(52)36-31(54-4)18-32(55-5)37(44)39(36)56-43/h8-14,18,22-24,26,28,38,51H,7,15-17,19-21H2,1-6H3,(H,45,49). The van der Waals surface area contributed by atoms with Gasteiger partial charge in [0.05, 0.1) is 14.2 Å². The predicted octanol–water partition coefficient (Wildman–Crippen LogP) is 6.33. The number of likely N-dealkylation sites (tertiary alicyclic amines) is 1. The first-order valence-electron chi connectivity index (χ1n) is 19.3. The van der Waals surface area contributed by atoms with Crippen LogP contribution in [0.1, 0.15) is 79.9 Å². The van der Waals surface area contributed by atoms with Gasteiger partial charge in [0.2, 0.25) is 23.2 Å². The second-order valence-electron chi connectivity index (χ2n) is 15.7. The third kappa shape index (κ3) is 6.90. The molecule has 57 heavy (non-hydrogen) atoms. The van der Waals surface area contributed by atoms with Gasteiger partial charge < -0.3 is 34.1 Å². The highest BCUT2D eigenvalue weighted by molar-refractivity contribution is 7.98. The maximum Gasteiger partial charge on any atom is 0.250 e. The van der Waals surface area contributed by atoms with Crippen LogP contribution in [0.3, 0.4) is 0 Å². The van der Waals surface area contributed by atoms with E-state index >= 15 is 0 Å². The number of carbonyl (C=O) groups is 4. The van der Waals surface area contributed by atoms with Crippen LogP contribution in [0.2, 0.25) is 5.02 Å². The number of pyridine rings is 1. The molecule has 1 fully saturated rings. The van der Waals surface area contributed by atoms with Crippen LogP contribution in [0, 0.1) is 17.8 Å².